The summed E-state index contributed by atoms with van der Waals surface area (Å²) in [4.78, 5) is 28.5. The third kappa shape index (κ3) is 5.76. The summed E-state index contributed by atoms with van der Waals surface area (Å²) in [6, 6.07) is 16.2. The molecule has 1 atom stereocenters. The van der Waals surface area contributed by atoms with Crippen molar-refractivity contribution in [3.05, 3.63) is 65.7 Å². The number of benzene rings is 2. The molecule has 6 nitrogen and oxygen atoms in total. The third-order valence-electron chi connectivity index (χ3n) is 3.48. The Morgan fingerprint density at radius 2 is 1.76 bits per heavy atom. The Balaban J connectivity index is 1.87. The molecule has 0 saturated carbocycles. The number of oxime groups is 1. The normalized spacial score (nSPS) is 12.3. The molecule has 2 rings (SSSR count). The number of amides is 1. The van der Waals surface area contributed by atoms with Gasteiger partial charge in [-0.2, -0.15) is 0 Å². The van der Waals surface area contributed by atoms with Crippen molar-refractivity contribution >= 4 is 23.2 Å². The Kier molecular flexibility index (Phi) is 6.28. The van der Waals surface area contributed by atoms with Crippen molar-refractivity contribution in [2.75, 3.05) is 5.32 Å². The predicted molar refractivity (Wildman–Crippen MR) is 97.4 cm³/mol. The standard InChI is InChI=1S/C19H21N3O3/c1-13(23)16-8-10-17(11-9-16)21-19(24)14(2)25-22-18(20)12-15-6-4-3-5-7-15/h3-11,14H,12H2,1-2H3,(H2,20,22)(H,21,24). The van der Waals surface area contributed by atoms with Gasteiger partial charge in [-0.25, -0.2) is 0 Å². The summed E-state index contributed by atoms with van der Waals surface area (Å²) in [6.07, 6.45) is -0.358. The van der Waals surface area contributed by atoms with Crippen LogP contribution in [0.2, 0.25) is 0 Å². The van der Waals surface area contributed by atoms with Crippen LogP contribution in [0, 0.1) is 0 Å². The largest absolute Gasteiger partial charge is 0.384 e. The molecule has 130 valence electrons. The van der Waals surface area contributed by atoms with Gasteiger partial charge >= 0.3 is 0 Å². The number of nitrogens with one attached hydrogen (secondary N) is 1. The molecular weight excluding hydrogens is 318 g/mol. The number of carbonyl (C=O) groups excluding carboxylic acids is 2. The third-order valence-corrected chi connectivity index (χ3v) is 3.48. The molecule has 0 bridgehead atoms. The maximum absolute atomic E-state index is 12.1. The molecule has 1 amide bonds. The van der Waals surface area contributed by atoms with Crippen LogP contribution in [0.15, 0.2) is 59.8 Å². The molecular formula is C19H21N3O3. The second-order valence-electron chi connectivity index (χ2n) is 5.62. The maximum Gasteiger partial charge on any atom is 0.267 e. The average Bonchev–Trinajstić information content (AvgIpc) is 2.61. The van der Waals surface area contributed by atoms with E-state index in [1.165, 1.54) is 6.92 Å². The Morgan fingerprint density at radius 3 is 2.36 bits per heavy atom. The fourth-order valence-corrected chi connectivity index (χ4v) is 2.06. The molecule has 0 spiro atoms. The molecule has 2 aromatic carbocycles. The van der Waals surface area contributed by atoms with Gasteiger partial charge in [0, 0.05) is 17.7 Å². The molecule has 0 aliphatic heterocycles. The summed E-state index contributed by atoms with van der Waals surface area (Å²) >= 11 is 0. The molecule has 1 unspecified atom stereocenters. The smallest absolute Gasteiger partial charge is 0.267 e. The first-order chi connectivity index (χ1) is 12.0. The predicted octanol–water partition coefficient (Wildman–Crippen LogP) is 2.75. The number of ketones is 1. The van der Waals surface area contributed by atoms with Gasteiger partial charge in [-0.05, 0) is 43.7 Å². The van der Waals surface area contributed by atoms with E-state index < -0.39 is 6.10 Å². The molecule has 0 saturated heterocycles. The number of nitrogens with zero attached hydrogens (tertiary/aromatic N) is 1. The highest BCUT2D eigenvalue weighted by molar-refractivity contribution is 5.96. The molecule has 2 aromatic rings. The van der Waals surface area contributed by atoms with Crippen LogP contribution in [-0.4, -0.2) is 23.6 Å². The Morgan fingerprint density at radius 1 is 1.12 bits per heavy atom. The van der Waals surface area contributed by atoms with Crippen molar-refractivity contribution < 1.29 is 14.4 Å². The highest BCUT2D eigenvalue weighted by Crippen LogP contribution is 2.11. The molecule has 6 heteroatoms. The van der Waals surface area contributed by atoms with Gasteiger partial charge in [0.05, 0.1) is 0 Å². The van der Waals surface area contributed by atoms with Gasteiger partial charge in [0.2, 0.25) is 6.10 Å². The molecule has 0 fully saturated rings. The van der Waals surface area contributed by atoms with Crippen molar-refractivity contribution in [2.24, 2.45) is 10.9 Å². The van der Waals surface area contributed by atoms with Crippen LogP contribution >= 0.6 is 0 Å². The lowest BCUT2D eigenvalue weighted by molar-refractivity contribution is -0.126. The van der Waals surface area contributed by atoms with E-state index in [2.05, 4.69) is 10.5 Å². The van der Waals surface area contributed by atoms with E-state index in [0.717, 1.165) is 5.56 Å². The highest BCUT2D eigenvalue weighted by atomic mass is 16.6. The number of carbonyl (C=O) groups is 2. The van der Waals surface area contributed by atoms with Crippen LogP contribution in [0.4, 0.5) is 5.69 Å². The Bertz CT molecular complexity index is 755. The summed E-state index contributed by atoms with van der Waals surface area (Å²) < 4.78 is 0. The molecule has 3 N–H and O–H groups in total. The molecule has 0 aliphatic rings. The monoisotopic (exact) mass is 339 g/mol. The second-order valence-corrected chi connectivity index (χ2v) is 5.62. The summed E-state index contributed by atoms with van der Waals surface area (Å²) in [5.74, 6) is -0.0960. The number of Topliss-reactive ketones (excluding diaryl/α,β-unsaturated/α-hetero) is 1. The summed E-state index contributed by atoms with van der Waals surface area (Å²) in [6.45, 7) is 3.07. The lowest BCUT2D eigenvalue weighted by Crippen LogP contribution is -2.27. The number of hydrogen-bond donors (Lipinski definition) is 2. The van der Waals surface area contributed by atoms with Crippen LogP contribution in [0.3, 0.4) is 0 Å². The quantitative estimate of drug-likeness (QED) is 0.351. The van der Waals surface area contributed by atoms with Crippen LogP contribution in [0.25, 0.3) is 0 Å². The minimum absolute atomic E-state index is 0.0298. The first-order valence-electron chi connectivity index (χ1n) is 7.89. The minimum atomic E-state index is -0.804. The van der Waals surface area contributed by atoms with Gasteiger partial charge in [-0.15, -0.1) is 0 Å². The maximum atomic E-state index is 12.1. The lowest BCUT2D eigenvalue weighted by atomic mass is 10.1. The number of amidine groups is 1. The van der Waals surface area contributed by atoms with E-state index in [-0.39, 0.29) is 17.5 Å². The van der Waals surface area contributed by atoms with Gasteiger partial charge in [-0.1, -0.05) is 35.5 Å². The van der Waals surface area contributed by atoms with E-state index in [9.17, 15) is 9.59 Å². The summed E-state index contributed by atoms with van der Waals surface area (Å²) in [5, 5.41) is 6.50. The minimum Gasteiger partial charge on any atom is -0.384 e. The number of nitrogens with two attached hydrogens (primary N) is 1. The van der Waals surface area contributed by atoms with Crippen molar-refractivity contribution in [1.82, 2.24) is 0 Å². The summed E-state index contributed by atoms with van der Waals surface area (Å²) in [5.41, 5.74) is 7.98. The zero-order chi connectivity index (χ0) is 18.2. The fraction of sp³-hybridized carbons (Fsp3) is 0.211. The van der Waals surface area contributed by atoms with E-state index >= 15 is 0 Å². The van der Waals surface area contributed by atoms with Gasteiger partial charge < -0.3 is 15.9 Å². The van der Waals surface area contributed by atoms with E-state index in [0.29, 0.717) is 17.7 Å². The van der Waals surface area contributed by atoms with Crippen LogP contribution in [0.1, 0.15) is 29.8 Å². The number of anilines is 1. The molecule has 0 aromatic heterocycles. The Hall–Kier alpha value is -3.15. The van der Waals surface area contributed by atoms with Crippen molar-refractivity contribution in [3.8, 4) is 0 Å². The van der Waals surface area contributed by atoms with E-state index in [4.69, 9.17) is 10.6 Å². The van der Waals surface area contributed by atoms with Crippen LogP contribution < -0.4 is 11.1 Å². The molecule has 25 heavy (non-hydrogen) atoms. The first kappa shape index (κ1) is 18.2. The van der Waals surface area contributed by atoms with Gasteiger partial charge in [-0.3, -0.25) is 9.59 Å². The second kappa shape index (κ2) is 8.63. The average molecular weight is 339 g/mol. The zero-order valence-corrected chi connectivity index (χ0v) is 14.2. The van der Waals surface area contributed by atoms with Gasteiger partial charge in [0.15, 0.2) is 5.78 Å². The number of hydrogen-bond acceptors (Lipinski definition) is 4. The van der Waals surface area contributed by atoms with E-state index in [1.807, 2.05) is 30.3 Å². The van der Waals surface area contributed by atoms with Gasteiger partial charge in [0.25, 0.3) is 5.91 Å². The number of rotatable bonds is 7. The molecule has 0 aliphatic carbocycles. The van der Waals surface area contributed by atoms with Crippen molar-refractivity contribution in [1.29, 1.82) is 0 Å². The van der Waals surface area contributed by atoms with Crippen molar-refractivity contribution in [2.45, 2.75) is 26.4 Å². The zero-order valence-electron chi connectivity index (χ0n) is 14.2. The molecule has 0 heterocycles. The SMILES string of the molecule is CC(=O)c1ccc(NC(=O)C(C)O/N=C(/N)Cc2ccccc2)cc1. The lowest BCUT2D eigenvalue weighted by Gasteiger charge is -2.11. The van der Waals surface area contributed by atoms with E-state index in [1.54, 1.807) is 31.2 Å². The fourth-order valence-electron chi connectivity index (χ4n) is 2.06. The van der Waals surface area contributed by atoms with Crippen LogP contribution in [0.5, 0.6) is 0 Å². The first-order valence-corrected chi connectivity index (χ1v) is 7.89. The van der Waals surface area contributed by atoms with Crippen LogP contribution in [-0.2, 0) is 16.1 Å². The topological polar surface area (TPSA) is 93.8 Å². The van der Waals surface area contributed by atoms with Crippen molar-refractivity contribution in [3.63, 3.8) is 0 Å². The van der Waals surface area contributed by atoms with Gasteiger partial charge in [0.1, 0.15) is 5.84 Å². The summed E-state index contributed by atoms with van der Waals surface area (Å²) in [7, 11) is 0. The molecule has 0 radical (unpaired) electrons. The highest BCUT2D eigenvalue weighted by Gasteiger charge is 2.15. The Labute approximate surface area is 146 Å².